The number of hydrogen-bond donors (Lipinski definition) is 0. The Labute approximate surface area is 126 Å². The molecule has 0 saturated carbocycles. The lowest BCUT2D eigenvalue weighted by molar-refractivity contribution is -0.119. The molecule has 2 aliphatic heterocycles. The number of halogens is 1. The topological polar surface area (TPSA) is 41.9 Å². The molecule has 100 valence electrons. The van der Waals surface area contributed by atoms with Crippen molar-refractivity contribution in [3.8, 4) is 0 Å². The highest BCUT2D eigenvalue weighted by Crippen LogP contribution is 2.34. The van der Waals surface area contributed by atoms with Gasteiger partial charge in [-0.05, 0) is 53.1 Å². The maximum absolute atomic E-state index is 11.1. The van der Waals surface area contributed by atoms with E-state index >= 15 is 0 Å². The van der Waals surface area contributed by atoms with Crippen molar-refractivity contribution >= 4 is 35.4 Å². The SMILES string of the molecule is O=CN1CCCC1C1N=COC1c1cccc(I)c1. The highest BCUT2D eigenvalue weighted by atomic mass is 127. The predicted octanol–water partition coefficient (Wildman–Crippen LogP) is 2.38. The lowest BCUT2D eigenvalue weighted by Crippen LogP contribution is -2.39. The maximum Gasteiger partial charge on any atom is 0.210 e. The monoisotopic (exact) mass is 370 g/mol. The molecule has 1 fully saturated rings. The van der Waals surface area contributed by atoms with Crippen molar-refractivity contribution in [3.63, 3.8) is 0 Å². The van der Waals surface area contributed by atoms with Crippen LogP contribution in [0.5, 0.6) is 0 Å². The number of likely N-dealkylation sites (tertiary alicyclic amines) is 1. The molecule has 3 atom stereocenters. The van der Waals surface area contributed by atoms with Crippen LogP contribution in [-0.4, -0.2) is 36.3 Å². The molecule has 1 aromatic rings. The van der Waals surface area contributed by atoms with E-state index < -0.39 is 0 Å². The van der Waals surface area contributed by atoms with Gasteiger partial charge in [0.1, 0.15) is 12.1 Å². The predicted molar refractivity (Wildman–Crippen MR) is 81.1 cm³/mol. The number of carbonyl (C=O) groups excluding carboxylic acids is 1. The summed E-state index contributed by atoms with van der Waals surface area (Å²) in [4.78, 5) is 17.4. The molecule has 1 aromatic carbocycles. The quantitative estimate of drug-likeness (QED) is 0.606. The Hall–Kier alpha value is -1.11. The van der Waals surface area contributed by atoms with Crippen LogP contribution in [0.2, 0.25) is 0 Å². The second kappa shape index (κ2) is 5.48. The first-order chi connectivity index (χ1) is 9.29. The zero-order valence-electron chi connectivity index (χ0n) is 10.4. The Kier molecular flexibility index (Phi) is 3.72. The zero-order valence-corrected chi connectivity index (χ0v) is 12.6. The van der Waals surface area contributed by atoms with Gasteiger partial charge in [-0.2, -0.15) is 0 Å². The third kappa shape index (κ3) is 2.48. The molecule has 0 N–H and O–H groups in total. The van der Waals surface area contributed by atoms with Crippen LogP contribution >= 0.6 is 22.6 Å². The third-order valence-corrected chi connectivity index (χ3v) is 4.47. The van der Waals surface area contributed by atoms with Crippen LogP contribution in [0.3, 0.4) is 0 Å². The van der Waals surface area contributed by atoms with Crippen LogP contribution in [0.1, 0.15) is 24.5 Å². The van der Waals surface area contributed by atoms with Crippen LogP contribution < -0.4 is 0 Å². The molecule has 1 amide bonds. The minimum atomic E-state index is -0.0692. The molecule has 0 spiro atoms. The van der Waals surface area contributed by atoms with Crippen LogP contribution in [0, 0.1) is 3.57 Å². The number of benzene rings is 1. The smallest absolute Gasteiger partial charge is 0.210 e. The van der Waals surface area contributed by atoms with Crippen LogP contribution in [0.4, 0.5) is 0 Å². The van der Waals surface area contributed by atoms with Crippen molar-refractivity contribution in [2.45, 2.75) is 31.0 Å². The van der Waals surface area contributed by atoms with E-state index in [2.05, 4.69) is 45.8 Å². The summed E-state index contributed by atoms with van der Waals surface area (Å²) >= 11 is 2.30. The van der Waals surface area contributed by atoms with Gasteiger partial charge >= 0.3 is 0 Å². The fraction of sp³-hybridized carbons (Fsp3) is 0.429. The van der Waals surface area contributed by atoms with Crippen LogP contribution in [0.15, 0.2) is 29.3 Å². The standard InChI is InChI=1S/C14H15IN2O2/c15-11-4-1-3-10(7-11)14-13(16-8-19-14)12-5-2-6-17(12)9-18/h1,3-4,7-9,12-14H,2,5-6H2. The average molecular weight is 370 g/mol. The Morgan fingerprint density at radius 1 is 1.47 bits per heavy atom. The Bertz CT molecular complexity index is 506. The lowest BCUT2D eigenvalue weighted by atomic mass is 9.95. The lowest BCUT2D eigenvalue weighted by Gasteiger charge is -2.28. The highest BCUT2D eigenvalue weighted by Gasteiger charge is 2.39. The molecule has 0 aliphatic carbocycles. The van der Waals surface area contributed by atoms with Crippen LogP contribution in [0.25, 0.3) is 0 Å². The first-order valence-electron chi connectivity index (χ1n) is 6.43. The van der Waals surface area contributed by atoms with E-state index in [1.165, 1.54) is 9.97 Å². The number of amides is 1. The number of aliphatic imine (C=N–C) groups is 1. The second-order valence-corrected chi connectivity index (χ2v) is 6.16. The molecule has 0 radical (unpaired) electrons. The molecule has 1 saturated heterocycles. The molecule has 2 aliphatic rings. The van der Waals surface area contributed by atoms with E-state index in [1.807, 2.05) is 11.0 Å². The van der Waals surface area contributed by atoms with Crippen molar-refractivity contribution in [1.82, 2.24) is 4.90 Å². The Morgan fingerprint density at radius 3 is 3.16 bits per heavy atom. The van der Waals surface area contributed by atoms with Gasteiger partial charge in [0.25, 0.3) is 0 Å². The van der Waals surface area contributed by atoms with Crippen molar-refractivity contribution < 1.29 is 9.53 Å². The normalized spacial score (nSPS) is 29.5. The van der Waals surface area contributed by atoms with E-state index in [0.29, 0.717) is 0 Å². The van der Waals surface area contributed by atoms with Gasteiger partial charge < -0.3 is 9.64 Å². The second-order valence-electron chi connectivity index (χ2n) is 4.91. The van der Waals surface area contributed by atoms with Gasteiger partial charge in [-0.1, -0.05) is 12.1 Å². The highest BCUT2D eigenvalue weighted by molar-refractivity contribution is 14.1. The molecule has 3 unspecified atom stereocenters. The Morgan fingerprint density at radius 2 is 2.37 bits per heavy atom. The van der Waals surface area contributed by atoms with E-state index in [-0.39, 0.29) is 18.2 Å². The van der Waals surface area contributed by atoms with E-state index in [9.17, 15) is 4.79 Å². The summed E-state index contributed by atoms with van der Waals surface area (Å²) in [5.41, 5.74) is 1.13. The minimum absolute atomic E-state index is 0.0194. The number of ether oxygens (including phenoxy) is 1. The van der Waals surface area contributed by atoms with Gasteiger partial charge in [0.05, 0.1) is 6.04 Å². The maximum atomic E-state index is 11.1. The summed E-state index contributed by atoms with van der Waals surface area (Å²) in [5.74, 6) is 0. The summed E-state index contributed by atoms with van der Waals surface area (Å²) in [6.45, 7) is 0.833. The van der Waals surface area contributed by atoms with Crippen molar-refractivity contribution in [2.75, 3.05) is 6.54 Å². The molecule has 5 heteroatoms. The number of rotatable bonds is 3. The largest absolute Gasteiger partial charge is 0.473 e. The van der Waals surface area contributed by atoms with E-state index in [0.717, 1.165) is 31.4 Å². The van der Waals surface area contributed by atoms with Gasteiger partial charge in [0, 0.05) is 10.1 Å². The van der Waals surface area contributed by atoms with E-state index in [1.54, 1.807) is 0 Å². The van der Waals surface area contributed by atoms with Crippen molar-refractivity contribution in [2.24, 2.45) is 4.99 Å². The minimum Gasteiger partial charge on any atom is -0.473 e. The summed E-state index contributed by atoms with van der Waals surface area (Å²) in [7, 11) is 0. The summed E-state index contributed by atoms with van der Waals surface area (Å²) in [6.07, 6.45) is 4.47. The molecular formula is C14H15IN2O2. The van der Waals surface area contributed by atoms with Crippen molar-refractivity contribution in [1.29, 1.82) is 0 Å². The molecule has 2 heterocycles. The first-order valence-corrected chi connectivity index (χ1v) is 7.51. The number of carbonyl (C=O) groups is 1. The zero-order chi connectivity index (χ0) is 13.2. The van der Waals surface area contributed by atoms with Gasteiger partial charge in [0.15, 0.2) is 6.40 Å². The van der Waals surface area contributed by atoms with Gasteiger partial charge in [-0.15, -0.1) is 0 Å². The van der Waals surface area contributed by atoms with Crippen LogP contribution in [-0.2, 0) is 9.53 Å². The first kappa shape index (κ1) is 12.9. The van der Waals surface area contributed by atoms with E-state index in [4.69, 9.17) is 4.74 Å². The molecule has 3 rings (SSSR count). The molecule has 0 bridgehead atoms. The third-order valence-electron chi connectivity index (χ3n) is 3.80. The van der Waals surface area contributed by atoms with Gasteiger partial charge in [-0.3, -0.25) is 4.79 Å². The number of nitrogens with zero attached hydrogens (tertiary/aromatic N) is 2. The number of hydrogen-bond acceptors (Lipinski definition) is 3. The molecule has 4 nitrogen and oxygen atoms in total. The van der Waals surface area contributed by atoms with Gasteiger partial charge in [-0.25, -0.2) is 4.99 Å². The summed E-state index contributed by atoms with van der Waals surface area (Å²) in [6, 6.07) is 8.46. The van der Waals surface area contributed by atoms with Crippen molar-refractivity contribution in [3.05, 3.63) is 33.4 Å². The molecule has 19 heavy (non-hydrogen) atoms. The Balaban J connectivity index is 1.85. The average Bonchev–Trinajstić information content (AvgIpc) is 3.06. The fourth-order valence-corrected chi connectivity index (χ4v) is 3.47. The summed E-state index contributed by atoms with van der Waals surface area (Å²) in [5, 5.41) is 0. The molecular weight excluding hydrogens is 355 g/mol. The van der Waals surface area contributed by atoms with Gasteiger partial charge in [0.2, 0.25) is 6.41 Å². The fourth-order valence-electron chi connectivity index (χ4n) is 2.90. The summed E-state index contributed by atoms with van der Waals surface area (Å²) < 4.78 is 6.86. The molecule has 0 aromatic heterocycles.